The minimum absolute atomic E-state index is 0.224. The smallest absolute Gasteiger partial charge is 0.341 e. The van der Waals surface area contributed by atoms with Crippen molar-refractivity contribution in [1.29, 1.82) is 0 Å². The normalized spacial score (nSPS) is 10.8. The van der Waals surface area contributed by atoms with Gasteiger partial charge in [-0.05, 0) is 57.2 Å². The number of amides is 1. The molecule has 0 radical (unpaired) electrons. The van der Waals surface area contributed by atoms with Gasteiger partial charge in [-0.15, -0.1) is 0 Å². The van der Waals surface area contributed by atoms with Gasteiger partial charge in [-0.1, -0.05) is 18.2 Å². The molecule has 2 aromatic carbocycles. The number of nitrogens with zero attached hydrogens (tertiary/aromatic N) is 4. The maximum Gasteiger partial charge on any atom is 0.341 e. The highest BCUT2D eigenvalue weighted by atomic mass is 16.5. The summed E-state index contributed by atoms with van der Waals surface area (Å²) in [6, 6.07) is 16.0. The highest BCUT2D eigenvalue weighted by Gasteiger charge is 2.20. The summed E-state index contributed by atoms with van der Waals surface area (Å²) in [5, 5.41) is 7.02. The first-order valence-electron chi connectivity index (χ1n) is 10.8. The Morgan fingerprint density at radius 3 is 2.29 bits per heavy atom. The Kier molecular flexibility index (Phi) is 6.18. The molecule has 34 heavy (non-hydrogen) atoms. The van der Waals surface area contributed by atoms with Gasteiger partial charge < -0.3 is 10.1 Å². The van der Waals surface area contributed by atoms with Crippen LogP contribution in [0.4, 0.5) is 5.69 Å². The molecular weight excluding hydrogens is 434 g/mol. The van der Waals surface area contributed by atoms with Gasteiger partial charge in [0.1, 0.15) is 11.3 Å². The van der Waals surface area contributed by atoms with Crippen molar-refractivity contribution >= 4 is 17.6 Å². The molecule has 0 bridgehead atoms. The first-order chi connectivity index (χ1) is 16.3. The molecule has 0 saturated heterocycles. The number of hydrogen-bond acceptors (Lipinski definition) is 5. The number of hydrogen-bond donors (Lipinski definition) is 1. The molecule has 9 nitrogen and oxygen atoms in total. The molecule has 1 N–H and O–H groups in total. The van der Waals surface area contributed by atoms with Crippen LogP contribution in [0, 0.1) is 13.8 Å². The van der Waals surface area contributed by atoms with Crippen LogP contribution in [-0.4, -0.2) is 37.6 Å². The minimum Gasteiger partial charge on any atom is -0.462 e. The summed E-state index contributed by atoms with van der Waals surface area (Å²) >= 11 is 0. The van der Waals surface area contributed by atoms with E-state index in [2.05, 4.69) is 10.4 Å². The Morgan fingerprint density at radius 1 is 0.971 bits per heavy atom. The fourth-order valence-corrected chi connectivity index (χ4v) is 3.73. The summed E-state index contributed by atoms with van der Waals surface area (Å²) in [5.41, 5.74) is 3.35. The molecule has 4 rings (SSSR count). The quantitative estimate of drug-likeness (QED) is 0.446. The van der Waals surface area contributed by atoms with Crippen molar-refractivity contribution in [3.63, 3.8) is 0 Å². The average Bonchev–Trinajstić information content (AvgIpc) is 3.32. The molecule has 1 amide bonds. The minimum atomic E-state index is -0.429. The molecule has 0 aliphatic heterocycles. The molecule has 0 aliphatic rings. The lowest BCUT2D eigenvalue weighted by Gasteiger charge is -2.08. The van der Waals surface area contributed by atoms with E-state index >= 15 is 0 Å². The maximum atomic E-state index is 13.0. The van der Waals surface area contributed by atoms with Crippen LogP contribution in [0.2, 0.25) is 0 Å². The number of para-hydroxylation sites is 1. The van der Waals surface area contributed by atoms with Gasteiger partial charge >= 0.3 is 5.97 Å². The number of nitrogens with one attached hydrogen (secondary N) is 1. The second-order valence-electron chi connectivity index (χ2n) is 7.71. The number of benzene rings is 2. The van der Waals surface area contributed by atoms with E-state index in [0.29, 0.717) is 33.9 Å². The van der Waals surface area contributed by atoms with Crippen molar-refractivity contribution in [3.05, 3.63) is 93.7 Å². The van der Waals surface area contributed by atoms with Crippen LogP contribution in [0.5, 0.6) is 0 Å². The van der Waals surface area contributed by atoms with Crippen LogP contribution < -0.4 is 10.9 Å². The Hall–Kier alpha value is -4.40. The molecule has 2 heterocycles. The summed E-state index contributed by atoms with van der Waals surface area (Å²) in [5.74, 6) is -0.830. The molecule has 9 heteroatoms. The second-order valence-corrected chi connectivity index (χ2v) is 7.71. The number of carbonyl (C=O) groups excluding carboxylic acids is 2. The molecule has 4 aromatic rings. The zero-order valence-electron chi connectivity index (χ0n) is 19.4. The van der Waals surface area contributed by atoms with Crippen LogP contribution >= 0.6 is 0 Å². The summed E-state index contributed by atoms with van der Waals surface area (Å²) in [7, 11) is 1.77. The molecule has 0 atom stereocenters. The molecule has 0 aliphatic carbocycles. The van der Waals surface area contributed by atoms with Crippen molar-refractivity contribution < 1.29 is 14.3 Å². The number of carbonyl (C=O) groups is 2. The lowest BCUT2D eigenvalue weighted by atomic mass is 10.2. The van der Waals surface area contributed by atoms with E-state index in [1.165, 1.54) is 10.9 Å². The van der Waals surface area contributed by atoms with Crippen LogP contribution in [0.15, 0.2) is 65.6 Å². The summed E-state index contributed by atoms with van der Waals surface area (Å²) in [4.78, 5) is 38.0. The monoisotopic (exact) mass is 459 g/mol. The van der Waals surface area contributed by atoms with E-state index in [0.717, 1.165) is 0 Å². The van der Waals surface area contributed by atoms with Crippen molar-refractivity contribution in [3.8, 4) is 11.4 Å². The Bertz CT molecular complexity index is 1410. The summed E-state index contributed by atoms with van der Waals surface area (Å²) < 4.78 is 9.87. The third-order valence-electron chi connectivity index (χ3n) is 5.67. The Morgan fingerprint density at radius 2 is 1.65 bits per heavy atom. The fourth-order valence-electron chi connectivity index (χ4n) is 3.73. The molecule has 0 spiro atoms. The molecule has 174 valence electrons. The first kappa shape index (κ1) is 22.8. The van der Waals surface area contributed by atoms with Gasteiger partial charge in [0.2, 0.25) is 0 Å². The van der Waals surface area contributed by atoms with Gasteiger partial charge in [0, 0.05) is 12.6 Å². The summed E-state index contributed by atoms with van der Waals surface area (Å²) in [6.07, 6.45) is 1.46. The highest BCUT2D eigenvalue weighted by Crippen LogP contribution is 2.18. The standard InChI is InChI=1S/C25H25N5O4/c1-5-34-25(33)21-15-26-29(16(21)2)19-13-11-18(12-14-19)23(31)27-22-17(3)28(4)30(24(22)32)20-9-7-6-8-10-20/h6-15H,5H2,1-4H3,(H,27,31). The number of esters is 1. The number of rotatable bonds is 6. The van der Waals surface area contributed by atoms with E-state index in [1.54, 1.807) is 61.4 Å². The number of ether oxygens (including phenoxy) is 1. The Labute approximate surface area is 196 Å². The topological polar surface area (TPSA) is 100 Å². The fraction of sp³-hybridized carbons (Fsp3) is 0.200. The lowest BCUT2D eigenvalue weighted by Crippen LogP contribution is -2.23. The zero-order chi connectivity index (χ0) is 24.4. The predicted octanol–water partition coefficient (Wildman–Crippen LogP) is 3.41. The van der Waals surface area contributed by atoms with Gasteiger partial charge in [-0.3, -0.25) is 14.3 Å². The largest absolute Gasteiger partial charge is 0.462 e. The zero-order valence-corrected chi connectivity index (χ0v) is 19.4. The summed E-state index contributed by atoms with van der Waals surface area (Å²) in [6.45, 7) is 5.58. The van der Waals surface area contributed by atoms with Crippen molar-refractivity contribution in [2.45, 2.75) is 20.8 Å². The average molecular weight is 460 g/mol. The second kappa shape index (κ2) is 9.22. The van der Waals surface area contributed by atoms with Crippen LogP contribution in [0.25, 0.3) is 11.4 Å². The number of aromatic nitrogens is 4. The Balaban J connectivity index is 1.57. The van der Waals surface area contributed by atoms with Crippen LogP contribution in [-0.2, 0) is 11.8 Å². The molecule has 2 aromatic heterocycles. The lowest BCUT2D eigenvalue weighted by molar-refractivity contribution is 0.0525. The number of anilines is 1. The molecular formula is C25H25N5O4. The SMILES string of the molecule is CCOC(=O)c1cnn(-c2ccc(C(=O)Nc3c(C)n(C)n(-c4ccccc4)c3=O)cc2)c1C. The van der Waals surface area contributed by atoms with Gasteiger partial charge in [-0.25, -0.2) is 14.2 Å². The maximum absolute atomic E-state index is 13.0. The van der Waals surface area contributed by atoms with Crippen molar-refractivity contribution in [2.75, 3.05) is 11.9 Å². The van der Waals surface area contributed by atoms with Gasteiger partial charge in [0.15, 0.2) is 0 Å². The van der Waals surface area contributed by atoms with E-state index in [-0.39, 0.29) is 17.9 Å². The third kappa shape index (κ3) is 4.03. The van der Waals surface area contributed by atoms with Gasteiger partial charge in [-0.2, -0.15) is 5.10 Å². The molecule has 0 fully saturated rings. The van der Waals surface area contributed by atoms with Crippen molar-refractivity contribution in [2.24, 2.45) is 7.05 Å². The van der Waals surface area contributed by atoms with Gasteiger partial charge in [0.25, 0.3) is 11.5 Å². The van der Waals surface area contributed by atoms with E-state index < -0.39 is 11.9 Å². The molecule has 0 unspecified atom stereocenters. The van der Waals surface area contributed by atoms with Crippen LogP contribution in [0.3, 0.4) is 0 Å². The van der Waals surface area contributed by atoms with Crippen molar-refractivity contribution in [1.82, 2.24) is 19.1 Å². The third-order valence-corrected chi connectivity index (χ3v) is 5.67. The first-order valence-corrected chi connectivity index (χ1v) is 10.8. The molecule has 0 saturated carbocycles. The predicted molar refractivity (Wildman–Crippen MR) is 128 cm³/mol. The van der Waals surface area contributed by atoms with E-state index in [9.17, 15) is 14.4 Å². The van der Waals surface area contributed by atoms with E-state index in [1.807, 2.05) is 30.3 Å². The van der Waals surface area contributed by atoms with E-state index in [4.69, 9.17) is 4.74 Å². The van der Waals surface area contributed by atoms with Crippen LogP contribution in [0.1, 0.15) is 39.0 Å². The highest BCUT2D eigenvalue weighted by molar-refractivity contribution is 6.04. The van der Waals surface area contributed by atoms with Gasteiger partial charge in [0.05, 0.1) is 35.6 Å².